The lowest BCUT2D eigenvalue weighted by Crippen LogP contribution is -2.09. The number of aromatic nitrogens is 3. The van der Waals surface area contributed by atoms with E-state index in [9.17, 15) is 0 Å². The van der Waals surface area contributed by atoms with Crippen LogP contribution in [0, 0.1) is 11.8 Å². The summed E-state index contributed by atoms with van der Waals surface area (Å²) in [5.74, 6) is 6.49. The average molecular weight is 226 g/mol. The van der Waals surface area contributed by atoms with Crippen LogP contribution in [0.15, 0.2) is 0 Å². The monoisotopic (exact) mass is 225 g/mol. The molecule has 0 aliphatic carbocycles. The Balaban J connectivity index is 2.72. The van der Waals surface area contributed by atoms with Gasteiger partial charge in [-0.2, -0.15) is 15.0 Å². The van der Waals surface area contributed by atoms with E-state index in [-0.39, 0.29) is 5.28 Å². The molecule has 2 N–H and O–H groups in total. The summed E-state index contributed by atoms with van der Waals surface area (Å²) in [6, 6.07) is 0. The van der Waals surface area contributed by atoms with E-state index in [2.05, 4.69) is 37.4 Å². The summed E-state index contributed by atoms with van der Waals surface area (Å²) in [4.78, 5) is 11.9. The van der Waals surface area contributed by atoms with Crippen LogP contribution in [0.3, 0.4) is 0 Å². The molecule has 0 amide bonds. The first kappa shape index (κ1) is 11.5. The van der Waals surface area contributed by atoms with Gasteiger partial charge in [0.25, 0.3) is 0 Å². The molecule has 0 bridgehead atoms. The molecule has 80 valence electrons. The minimum Gasteiger partial charge on any atom is -0.354 e. The molecule has 1 rings (SSSR count). The second kappa shape index (κ2) is 6.04. The number of anilines is 2. The summed E-state index contributed by atoms with van der Waals surface area (Å²) in [5, 5.41) is 6.04. The minimum atomic E-state index is 0.160. The normalized spacial score (nSPS) is 9.00. The van der Waals surface area contributed by atoms with Crippen LogP contribution < -0.4 is 10.6 Å². The van der Waals surface area contributed by atoms with Crippen molar-refractivity contribution in [2.24, 2.45) is 0 Å². The standard InChI is InChI=1S/C9H12ClN5/c1-3-5-6-12-9-14-7(10)13-8(15-9)11-4-2/h4,6H2,1-2H3,(H2,11,12,13,14,15). The predicted octanol–water partition coefficient (Wildman–Crippen LogP) is 1.39. The van der Waals surface area contributed by atoms with Gasteiger partial charge in [-0.3, -0.25) is 0 Å². The van der Waals surface area contributed by atoms with Crippen molar-refractivity contribution in [2.45, 2.75) is 13.8 Å². The van der Waals surface area contributed by atoms with E-state index in [1.165, 1.54) is 0 Å². The van der Waals surface area contributed by atoms with Gasteiger partial charge in [0.1, 0.15) is 0 Å². The summed E-state index contributed by atoms with van der Waals surface area (Å²) in [5.41, 5.74) is 0. The van der Waals surface area contributed by atoms with Gasteiger partial charge in [0.05, 0.1) is 6.54 Å². The van der Waals surface area contributed by atoms with Crippen molar-refractivity contribution < 1.29 is 0 Å². The lowest BCUT2D eigenvalue weighted by molar-refractivity contribution is 1.01. The summed E-state index contributed by atoms with van der Waals surface area (Å²) >= 11 is 5.72. The Labute approximate surface area is 93.7 Å². The Morgan fingerprint density at radius 1 is 1.20 bits per heavy atom. The summed E-state index contributed by atoms with van der Waals surface area (Å²) < 4.78 is 0. The molecule has 0 aromatic carbocycles. The van der Waals surface area contributed by atoms with E-state index in [4.69, 9.17) is 11.6 Å². The molecule has 0 radical (unpaired) electrons. The second-order valence-electron chi connectivity index (χ2n) is 2.56. The molecule has 0 saturated carbocycles. The number of hydrogen-bond donors (Lipinski definition) is 2. The van der Waals surface area contributed by atoms with Crippen LogP contribution in [0.25, 0.3) is 0 Å². The molecule has 0 atom stereocenters. The predicted molar refractivity (Wildman–Crippen MR) is 60.9 cm³/mol. The topological polar surface area (TPSA) is 62.7 Å². The molecule has 15 heavy (non-hydrogen) atoms. The van der Waals surface area contributed by atoms with E-state index in [1.54, 1.807) is 6.92 Å². The van der Waals surface area contributed by atoms with E-state index in [0.29, 0.717) is 18.4 Å². The first-order valence-corrected chi connectivity index (χ1v) is 4.93. The molecule has 6 heteroatoms. The fraction of sp³-hybridized carbons (Fsp3) is 0.444. The van der Waals surface area contributed by atoms with Crippen LogP contribution in [-0.4, -0.2) is 28.0 Å². The highest BCUT2D eigenvalue weighted by Crippen LogP contribution is 2.08. The highest BCUT2D eigenvalue weighted by molar-refractivity contribution is 6.28. The molecular formula is C9H12ClN5. The molecule has 0 fully saturated rings. The average Bonchev–Trinajstić information content (AvgIpc) is 2.18. The number of hydrogen-bond acceptors (Lipinski definition) is 5. The van der Waals surface area contributed by atoms with Gasteiger partial charge in [-0.1, -0.05) is 5.92 Å². The Hall–Kier alpha value is -1.54. The zero-order valence-corrected chi connectivity index (χ0v) is 9.39. The van der Waals surface area contributed by atoms with E-state index in [1.807, 2.05) is 6.92 Å². The van der Waals surface area contributed by atoms with Crippen LogP contribution in [0.1, 0.15) is 13.8 Å². The van der Waals surface area contributed by atoms with Gasteiger partial charge < -0.3 is 10.6 Å². The summed E-state index contributed by atoms with van der Waals surface area (Å²) in [6.45, 7) is 4.94. The van der Waals surface area contributed by atoms with E-state index < -0.39 is 0 Å². The lowest BCUT2D eigenvalue weighted by Gasteiger charge is -2.04. The third-order valence-corrected chi connectivity index (χ3v) is 1.62. The molecule has 1 heterocycles. The first-order valence-electron chi connectivity index (χ1n) is 4.55. The lowest BCUT2D eigenvalue weighted by atomic mass is 10.6. The maximum Gasteiger partial charge on any atom is 0.229 e. The molecule has 0 aliphatic rings. The zero-order chi connectivity index (χ0) is 11.1. The maximum atomic E-state index is 5.72. The van der Waals surface area contributed by atoms with Crippen molar-refractivity contribution in [2.75, 3.05) is 23.7 Å². The van der Waals surface area contributed by atoms with Gasteiger partial charge in [-0.15, -0.1) is 5.92 Å². The Kier molecular flexibility index (Phi) is 4.64. The summed E-state index contributed by atoms with van der Waals surface area (Å²) in [7, 11) is 0. The number of rotatable bonds is 4. The quantitative estimate of drug-likeness (QED) is 0.759. The van der Waals surface area contributed by atoms with Crippen LogP contribution in [0.4, 0.5) is 11.9 Å². The number of halogens is 1. The Morgan fingerprint density at radius 2 is 1.87 bits per heavy atom. The van der Waals surface area contributed by atoms with Crippen molar-refractivity contribution in [3.8, 4) is 11.8 Å². The van der Waals surface area contributed by atoms with Crippen LogP contribution in [0.5, 0.6) is 0 Å². The highest BCUT2D eigenvalue weighted by atomic mass is 35.5. The number of nitrogens with one attached hydrogen (secondary N) is 2. The Bertz CT molecular complexity index is 382. The molecule has 1 aromatic heterocycles. The molecule has 5 nitrogen and oxygen atoms in total. The van der Waals surface area contributed by atoms with Gasteiger partial charge in [0.2, 0.25) is 17.2 Å². The molecular weight excluding hydrogens is 214 g/mol. The molecule has 0 spiro atoms. The van der Waals surface area contributed by atoms with Crippen molar-refractivity contribution >= 4 is 23.5 Å². The highest BCUT2D eigenvalue weighted by Gasteiger charge is 2.02. The fourth-order valence-electron chi connectivity index (χ4n) is 0.878. The van der Waals surface area contributed by atoms with Crippen molar-refractivity contribution in [3.63, 3.8) is 0 Å². The Morgan fingerprint density at radius 3 is 2.47 bits per heavy atom. The first-order chi connectivity index (χ1) is 7.26. The second-order valence-corrected chi connectivity index (χ2v) is 2.90. The van der Waals surface area contributed by atoms with E-state index >= 15 is 0 Å². The number of nitrogens with zero attached hydrogens (tertiary/aromatic N) is 3. The van der Waals surface area contributed by atoms with Gasteiger partial charge >= 0.3 is 0 Å². The smallest absolute Gasteiger partial charge is 0.229 e. The van der Waals surface area contributed by atoms with Gasteiger partial charge in [0.15, 0.2) is 0 Å². The molecule has 0 saturated heterocycles. The van der Waals surface area contributed by atoms with Crippen LogP contribution in [-0.2, 0) is 0 Å². The maximum absolute atomic E-state index is 5.72. The van der Waals surface area contributed by atoms with Crippen LogP contribution >= 0.6 is 11.6 Å². The van der Waals surface area contributed by atoms with Gasteiger partial charge in [0, 0.05) is 6.54 Å². The largest absolute Gasteiger partial charge is 0.354 e. The van der Waals surface area contributed by atoms with E-state index in [0.717, 1.165) is 6.54 Å². The van der Waals surface area contributed by atoms with Crippen molar-refractivity contribution in [1.29, 1.82) is 0 Å². The molecule has 0 unspecified atom stereocenters. The molecule has 0 aliphatic heterocycles. The fourth-order valence-corrected chi connectivity index (χ4v) is 1.04. The summed E-state index contributed by atoms with van der Waals surface area (Å²) in [6.07, 6.45) is 0. The third-order valence-electron chi connectivity index (χ3n) is 1.45. The van der Waals surface area contributed by atoms with Gasteiger partial charge in [-0.05, 0) is 25.4 Å². The third kappa shape index (κ3) is 4.00. The van der Waals surface area contributed by atoms with Crippen LogP contribution in [0.2, 0.25) is 5.28 Å². The zero-order valence-electron chi connectivity index (χ0n) is 8.63. The van der Waals surface area contributed by atoms with Gasteiger partial charge in [-0.25, -0.2) is 0 Å². The minimum absolute atomic E-state index is 0.160. The molecule has 1 aromatic rings. The van der Waals surface area contributed by atoms with Crippen molar-refractivity contribution in [3.05, 3.63) is 5.28 Å². The SMILES string of the molecule is CC#CCNc1nc(Cl)nc(NCC)n1. The van der Waals surface area contributed by atoms with Crippen molar-refractivity contribution in [1.82, 2.24) is 15.0 Å².